The number of nitrogens with one attached hydrogen (secondary N) is 1. The van der Waals surface area contributed by atoms with Gasteiger partial charge in [-0.25, -0.2) is 0 Å². The summed E-state index contributed by atoms with van der Waals surface area (Å²) in [7, 11) is 1.72. The van der Waals surface area contributed by atoms with Gasteiger partial charge in [0.05, 0.1) is 12.8 Å². The number of benzene rings is 2. The average molecular weight is 338 g/mol. The maximum Gasteiger partial charge on any atom is 0.193 e. The molecule has 0 aromatic heterocycles. The Morgan fingerprint density at radius 2 is 2.12 bits per heavy atom. The topological polar surface area (TPSA) is 62.9 Å². The van der Waals surface area contributed by atoms with Crippen LogP contribution in [0.1, 0.15) is 12.0 Å². The minimum atomic E-state index is 0.473. The van der Waals surface area contributed by atoms with E-state index in [4.69, 9.17) is 10.5 Å². The Hall–Kier alpha value is -2.69. The van der Waals surface area contributed by atoms with Crippen molar-refractivity contribution in [1.29, 1.82) is 0 Å². The Morgan fingerprint density at radius 3 is 2.92 bits per heavy atom. The van der Waals surface area contributed by atoms with Crippen molar-refractivity contribution >= 4 is 17.3 Å². The molecule has 1 atom stereocenters. The molecule has 25 heavy (non-hydrogen) atoms. The maximum absolute atomic E-state index is 6.03. The van der Waals surface area contributed by atoms with Crippen LogP contribution in [0.2, 0.25) is 0 Å². The van der Waals surface area contributed by atoms with E-state index in [1.165, 1.54) is 5.56 Å². The molecule has 0 amide bonds. The van der Waals surface area contributed by atoms with Crippen molar-refractivity contribution in [2.45, 2.75) is 13.3 Å². The number of aryl methyl sites for hydroxylation is 1. The first-order valence-corrected chi connectivity index (χ1v) is 8.67. The number of rotatable bonds is 5. The zero-order valence-electron chi connectivity index (χ0n) is 14.9. The zero-order valence-corrected chi connectivity index (χ0v) is 14.9. The first-order valence-electron chi connectivity index (χ1n) is 8.67. The third-order valence-corrected chi connectivity index (χ3v) is 4.52. The number of methoxy groups -OCH3 is 1. The van der Waals surface area contributed by atoms with Crippen LogP contribution in [0.25, 0.3) is 0 Å². The lowest BCUT2D eigenvalue weighted by Crippen LogP contribution is -2.25. The fraction of sp³-hybridized carbons (Fsp3) is 0.350. The fourth-order valence-electron chi connectivity index (χ4n) is 3.23. The highest BCUT2D eigenvalue weighted by Crippen LogP contribution is 2.31. The van der Waals surface area contributed by atoms with Crippen molar-refractivity contribution in [1.82, 2.24) is 0 Å². The van der Waals surface area contributed by atoms with Gasteiger partial charge in [0.1, 0.15) is 5.75 Å². The molecule has 1 aliphatic rings. The molecule has 1 unspecified atom stereocenters. The number of nitrogens with two attached hydrogens (primary N) is 1. The first-order chi connectivity index (χ1) is 12.2. The van der Waals surface area contributed by atoms with Crippen LogP contribution in [0.3, 0.4) is 0 Å². The molecule has 0 radical (unpaired) electrons. The van der Waals surface area contributed by atoms with Gasteiger partial charge in [0, 0.05) is 25.3 Å². The van der Waals surface area contributed by atoms with Gasteiger partial charge >= 0.3 is 0 Å². The van der Waals surface area contributed by atoms with Gasteiger partial charge in [0.15, 0.2) is 5.96 Å². The molecule has 1 saturated heterocycles. The third kappa shape index (κ3) is 4.44. The van der Waals surface area contributed by atoms with Crippen molar-refractivity contribution in [3.63, 3.8) is 0 Å². The van der Waals surface area contributed by atoms with Crippen LogP contribution < -0.4 is 20.7 Å². The van der Waals surface area contributed by atoms with Crippen LogP contribution in [0, 0.1) is 12.8 Å². The summed E-state index contributed by atoms with van der Waals surface area (Å²) in [5.74, 6) is 1.90. The Morgan fingerprint density at radius 1 is 1.28 bits per heavy atom. The molecule has 2 aromatic carbocycles. The van der Waals surface area contributed by atoms with Crippen LogP contribution in [-0.4, -0.2) is 32.7 Å². The third-order valence-electron chi connectivity index (χ3n) is 4.52. The summed E-state index contributed by atoms with van der Waals surface area (Å²) in [5, 5.41) is 3.16. The molecule has 3 rings (SSSR count). The SMILES string of the molecule is COc1ccccc1N1CCC(CN=C(N)Nc2cccc(C)c2)C1. The van der Waals surface area contributed by atoms with Crippen LogP contribution in [0.5, 0.6) is 5.75 Å². The van der Waals surface area contributed by atoms with Crippen molar-refractivity contribution in [3.05, 3.63) is 54.1 Å². The molecular formula is C20H26N4O. The largest absolute Gasteiger partial charge is 0.495 e. The number of guanidine groups is 1. The Bertz CT molecular complexity index is 744. The molecule has 5 nitrogen and oxygen atoms in total. The predicted molar refractivity (Wildman–Crippen MR) is 105 cm³/mol. The molecule has 0 saturated carbocycles. The molecule has 5 heteroatoms. The van der Waals surface area contributed by atoms with E-state index in [9.17, 15) is 0 Å². The van der Waals surface area contributed by atoms with Crippen molar-refractivity contribution in [2.75, 3.05) is 37.0 Å². The van der Waals surface area contributed by atoms with E-state index >= 15 is 0 Å². The van der Waals surface area contributed by atoms with E-state index in [0.29, 0.717) is 11.9 Å². The molecule has 3 N–H and O–H groups in total. The Balaban J connectivity index is 1.56. The zero-order chi connectivity index (χ0) is 17.6. The molecule has 1 fully saturated rings. The van der Waals surface area contributed by atoms with Crippen LogP contribution in [0.15, 0.2) is 53.5 Å². The molecule has 1 aliphatic heterocycles. The molecule has 1 heterocycles. The molecule has 0 spiro atoms. The maximum atomic E-state index is 6.03. The number of para-hydroxylation sites is 2. The van der Waals surface area contributed by atoms with Crippen LogP contribution in [-0.2, 0) is 0 Å². The molecule has 132 valence electrons. The van der Waals surface area contributed by atoms with Gasteiger partial charge in [-0.1, -0.05) is 24.3 Å². The highest BCUT2D eigenvalue weighted by Gasteiger charge is 2.24. The minimum absolute atomic E-state index is 0.473. The van der Waals surface area contributed by atoms with Gasteiger partial charge in [0.25, 0.3) is 0 Å². The van der Waals surface area contributed by atoms with Gasteiger partial charge in [-0.05, 0) is 49.1 Å². The Labute approximate surface area is 149 Å². The van der Waals surface area contributed by atoms with Gasteiger partial charge in [0.2, 0.25) is 0 Å². The van der Waals surface area contributed by atoms with Crippen LogP contribution in [0.4, 0.5) is 11.4 Å². The van der Waals surface area contributed by atoms with Gasteiger partial charge < -0.3 is 20.7 Å². The smallest absolute Gasteiger partial charge is 0.193 e. The second-order valence-electron chi connectivity index (χ2n) is 6.49. The van der Waals surface area contributed by atoms with Crippen LogP contribution >= 0.6 is 0 Å². The summed E-state index contributed by atoms with van der Waals surface area (Å²) in [6, 6.07) is 16.3. The average Bonchev–Trinajstić information content (AvgIpc) is 3.09. The summed E-state index contributed by atoms with van der Waals surface area (Å²) >= 11 is 0. The first kappa shape index (κ1) is 17.1. The lowest BCUT2D eigenvalue weighted by molar-refractivity contribution is 0.414. The second kappa shape index (κ2) is 7.92. The quantitative estimate of drug-likeness (QED) is 0.649. The van der Waals surface area contributed by atoms with E-state index in [1.54, 1.807) is 7.11 Å². The summed E-state index contributed by atoms with van der Waals surface area (Å²) in [6.45, 7) is 4.78. The molecule has 0 bridgehead atoms. The Kier molecular flexibility index (Phi) is 5.43. The number of hydrogen-bond donors (Lipinski definition) is 2. The normalized spacial score (nSPS) is 17.6. The van der Waals surface area contributed by atoms with Crippen molar-refractivity contribution in [3.8, 4) is 5.75 Å². The van der Waals surface area contributed by atoms with Gasteiger partial charge in [-0.2, -0.15) is 0 Å². The molecule has 2 aromatic rings. The van der Waals surface area contributed by atoms with E-state index in [0.717, 1.165) is 43.2 Å². The van der Waals surface area contributed by atoms with Crippen molar-refractivity contribution < 1.29 is 4.74 Å². The highest BCUT2D eigenvalue weighted by molar-refractivity contribution is 5.92. The number of hydrogen-bond acceptors (Lipinski definition) is 3. The van der Waals surface area contributed by atoms with E-state index in [1.807, 2.05) is 30.3 Å². The molecule has 0 aliphatic carbocycles. The fourth-order valence-corrected chi connectivity index (χ4v) is 3.23. The lowest BCUT2D eigenvalue weighted by Gasteiger charge is -2.21. The monoisotopic (exact) mass is 338 g/mol. The summed E-state index contributed by atoms with van der Waals surface area (Å²) in [5.41, 5.74) is 9.36. The van der Waals surface area contributed by atoms with Gasteiger partial charge in [-0.15, -0.1) is 0 Å². The number of nitrogens with zero attached hydrogens (tertiary/aromatic N) is 2. The number of ether oxygens (including phenoxy) is 1. The van der Waals surface area contributed by atoms with Gasteiger partial charge in [-0.3, -0.25) is 4.99 Å². The van der Waals surface area contributed by atoms with Crippen molar-refractivity contribution in [2.24, 2.45) is 16.6 Å². The number of aliphatic imine (C=N–C) groups is 1. The summed E-state index contributed by atoms with van der Waals surface area (Å²) < 4.78 is 5.47. The second-order valence-corrected chi connectivity index (χ2v) is 6.49. The highest BCUT2D eigenvalue weighted by atomic mass is 16.5. The standard InChI is InChI=1S/C20H26N4O/c1-15-6-5-7-17(12-15)23-20(21)22-13-16-10-11-24(14-16)18-8-3-4-9-19(18)25-2/h3-9,12,16H,10-11,13-14H2,1-2H3,(H3,21,22,23). The number of anilines is 2. The lowest BCUT2D eigenvalue weighted by atomic mass is 10.1. The van der Waals surface area contributed by atoms with E-state index < -0.39 is 0 Å². The van der Waals surface area contributed by atoms with E-state index in [2.05, 4.69) is 40.3 Å². The van der Waals surface area contributed by atoms with E-state index in [-0.39, 0.29) is 0 Å². The minimum Gasteiger partial charge on any atom is -0.495 e. The summed E-state index contributed by atoms with van der Waals surface area (Å²) in [4.78, 5) is 6.89. The predicted octanol–water partition coefficient (Wildman–Crippen LogP) is 3.26. The summed E-state index contributed by atoms with van der Waals surface area (Å²) in [6.07, 6.45) is 1.11. The molecular weight excluding hydrogens is 312 g/mol.